The van der Waals surface area contributed by atoms with Crippen molar-refractivity contribution in [1.29, 1.82) is 0 Å². The average molecular weight is 223 g/mol. The second-order valence-electron chi connectivity index (χ2n) is 4.47. The molecule has 0 atom stereocenters. The molecule has 0 spiro atoms. The summed E-state index contributed by atoms with van der Waals surface area (Å²) in [5.74, 6) is -0.435. The van der Waals surface area contributed by atoms with Gasteiger partial charge in [0.2, 0.25) is 5.91 Å². The average Bonchev–Trinajstić information content (AvgIpc) is 2.20. The number of ether oxygens (including phenoxy) is 1. The van der Waals surface area contributed by atoms with Crippen LogP contribution in [0.1, 0.15) is 12.5 Å². The molecule has 0 aromatic heterocycles. The van der Waals surface area contributed by atoms with E-state index in [-0.39, 0.29) is 11.7 Å². The number of carbonyl (C=O) groups is 1. The second-order valence-corrected chi connectivity index (χ2v) is 4.47. The molecule has 86 valence electrons. The minimum absolute atomic E-state index is 0.123. The molecule has 2 rings (SSSR count). The summed E-state index contributed by atoms with van der Waals surface area (Å²) >= 11 is 0. The quantitative estimate of drug-likeness (QED) is 0.833. The lowest BCUT2D eigenvalue weighted by molar-refractivity contribution is -0.151. The molecule has 1 fully saturated rings. The predicted molar refractivity (Wildman–Crippen MR) is 58.7 cm³/mol. The van der Waals surface area contributed by atoms with E-state index in [0.717, 1.165) is 0 Å². The number of carbonyl (C=O) groups excluding carboxylic acids is 1. The van der Waals surface area contributed by atoms with E-state index in [9.17, 15) is 9.18 Å². The van der Waals surface area contributed by atoms with Crippen molar-refractivity contribution < 1.29 is 13.9 Å². The number of hydrogen-bond donors (Lipinski definition) is 1. The lowest BCUT2D eigenvalue weighted by Crippen LogP contribution is -2.49. The molecule has 1 heterocycles. The fourth-order valence-electron chi connectivity index (χ4n) is 1.49. The Morgan fingerprint density at radius 3 is 2.69 bits per heavy atom. The highest BCUT2D eigenvalue weighted by Crippen LogP contribution is 2.28. The molecular formula is C12H14FNO2. The third-order valence-corrected chi connectivity index (χ3v) is 2.82. The van der Waals surface area contributed by atoms with Crippen LogP contribution in [0, 0.1) is 18.2 Å². The minimum atomic E-state index is -0.471. The molecule has 0 saturated carbocycles. The summed E-state index contributed by atoms with van der Waals surface area (Å²) in [6.45, 7) is 4.36. The van der Waals surface area contributed by atoms with Crippen molar-refractivity contribution in [1.82, 2.24) is 0 Å². The topological polar surface area (TPSA) is 38.3 Å². The van der Waals surface area contributed by atoms with Crippen LogP contribution < -0.4 is 5.32 Å². The fourth-order valence-corrected chi connectivity index (χ4v) is 1.49. The zero-order valence-corrected chi connectivity index (χ0v) is 9.34. The van der Waals surface area contributed by atoms with E-state index < -0.39 is 5.41 Å². The van der Waals surface area contributed by atoms with E-state index in [2.05, 4.69) is 5.32 Å². The van der Waals surface area contributed by atoms with Gasteiger partial charge in [-0.2, -0.15) is 0 Å². The van der Waals surface area contributed by atoms with E-state index in [1.807, 2.05) is 6.92 Å². The van der Waals surface area contributed by atoms with Gasteiger partial charge in [-0.3, -0.25) is 4.79 Å². The molecule has 1 aromatic rings. The van der Waals surface area contributed by atoms with Gasteiger partial charge in [-0.15, -0.1) is 0 Å². The minimum Gasteiger partial charge on any atom is -0.379 e. The normalized spacial score (nSPS) is 17.7. The first-order valence-electron chi connectivity index (χ1n) is 5.17. The zero-order chi connectivity index (χ0) is 11.8. The Bertz CT molecular complexity index is 427. The van der Waals surface area contributed by atoms with Gasteiger partial charge in [0.1, 0.15) is 5.82 Å². The van der Waals surface area contributed by atoms with E-state index in [1.54, 1.807) is 19.1 Å². The highest BCUT2D eigenvalue weighted by molar-refractivity contribution is 5.95. The lowest BCUT2D eigenvalue weighted by atomic mass is 9.87. The van der Waals surface area contributed by atoms with Gasteiger partial charge in [-0.1, -0.05) is 6.07 Å². The first-order valence-corrected chi connectivity index (χ1v) is 5.17. The van der Waals surface area contributed by atoms with Crippen molar-refractivity contribution in [3.05, 3.63) is 29.6 Å². The number of hydrogen-bond acceptors (Lipinski definition) is 2. The van der Waals surface area contributed by atoms with Crippen molar-refractivity contribution in [3.8, 4) is 0 Å². The van der Waals surface area contributed by atoms with Crippen molar-refractivity contribution in [2.75, 3.05) is 18.5 Å². The molecule has 4 heteroatoms. The van der Waals surface area contributed by atoms with Gasteiger partial charge in [0.25, 0.3) is 0 Å². The summed E-state index contributed by atoms with van der Waals surface area (Å²) in [6.07, 6.45) is 0. The van der Waals surface area contributed by atoms with E-state index >= 15 is 0 Å². The van der Waals surface area contributed by atoms with Crippen molar-refractivity contribution in [2.24, 2.45) is 5.41 Å². The molecule has 1 N–H and O–H groups in total. The maximum absolute atomic E-state index is 13.2. The summed E-state index contributed by atoms with van der Waals surface area (Å²) in [4.78, 5) is 11.8. The third kappa shape index (κ3) is 1.93. The van der Waals surface area contributed by atoms with Crippen LogP contribution in [0.3, 0.4) is 0 Å². The zero-order valence-electron chi connectivity index (χ0n) is 9.34. The third-order valence-electron chi connectivity index (χ3n) is 2.82. The Hall–Kier alpha value is -1.42. The van der Waals surface area contributed by atoms with Gasteiger partial charge in [0, 0.05) is 5.69 Å². The summed E-state index contributed by atoms with van der Waals surface area (Å²) < 4.78 is 18.3. The number of nitrogens with one attached hydrogen (secondary N) is 1. The van der Waals surface area contributed by atoms with Gasteiger partial charge < -0.3 is 10.1 Å². The number of rotatable bonds is 2. The smallest absolute Gasteiger partial charge is 0.234 e. The van der Waals surface area contributed by atoms with Crippen LogP contribution >= 0.6 is 0 Å². The Morgan fingerprint density at radius 2 is 2.19 bits per heavy atom. The molecule has 1 saturated heterocycles. The largest absolute Gasteiger partial charge is 0.379 e. The monoisotopic (exact) mass is 223 g/mol. The highest BCUT2D eigenvalue weighted by atomic mass is 19.1. The maximum atomic E-state index is 13.2. The number of halogens is 1. The van der Waals surface area contributed by atoms with Gasteiger partial charge >= 0.3 is 0 Å². The number of anilines is 1. The molecule has 1 aromatic carbocycles. The lowest BCUT2D eigenvalue weighted by Gasteiger charge is -2.36. The first kappa shape index (κ1) is 11.1. The molecule has 16 heavy (non-hydrogen) atoms. The molecule has 1 aliphatic heterocycles. The predicted octanol–water partition coefficient (Wildman–Crippen LogP) is 2.11. The van der Waals surface area contributed by atoms with Crippen LogP contribution in [0.2, 0.25) is 0 Å². The highest BCUT2D eigenvalue weighted by Gasteiger charge is 2.41. The van der Waals surface area contributed by atoms with Crippen molar-refractivity contribution in [2.45, 2.75) is 13.8 Å². The summed E-state index contributed by atoms with van der Waals surface area (Å²) in [5.41, 5.74) is 0.582. The fraction of sp³-hybridized carbons (Fsp3) is 0.417. The number of amides is 1. The van der Waals surface area contributed by atoms with Crippen LogP contribution in [-0.4, -0.2) is 19.1 Å². The first-order chi connectivity index (χ1) is 7.51. The Labute approximate surface area is 93.6 Å². The number of aryl methyl sites for hydroxylation is 1. The maximum Gasteiger partial charge on any atom is 0.234 e. The van der Waals surface area contributed by atoms with Gasteiger partial charge in [0.15, 0.2) is 0 Å². The number of benzene rings is 1. The summed E-state index contributed by atoms with van der Waals surface area (Å²) in [5, 5.41) is 2.69. The van der Waals surface area contributed by atoms with Crippen LogP contribution in [0.25, 0.3) is 0 Å². The van der Waals surface area contributed by atoms with Crippen molar-refractivity contribution >= 4 is 11.6 Å². The Balaban J connectivity index is 2.09. The van der Waals surface area contributed by atoms with E-state index in [0.29, 0.717) is 24.5 Å². The molecule has 1 amide bonds. The van der Waals surface area contributed by atoms with Crippen molar-refractivity contribution in [3.63, 3.8) is 0 Å². The molecule has 0 unspecified atom stereocenters. The molecular weight excluding hydrogens is 209 g/mol. The van der Waals surface area contributed by atoms with Gasteiger partial charge in [0.05, 0.1) is 18.6 Å². The van der Waals surface area contributed by atoms with E-state index in [4.69, 9.17) is 4.74 Å². The molecule has 1 aliphatic rings. The van der Waals surface area contributed by atoms with E-state index in [1.165, 1.54) is 6.07 Å². The SMILES string of the molecule is Cc1ccc(NC(=O)C2(C)COC2)cc1F. The van der Waals surface area contributed by atoms with Gasteiger partial charge in [-0.05, 0) is 31.5 Å². The Kier molecular flexibility index (Phi) is 2.68. The molecule has 0 radical (unpaired) electrons. The van der Waals surface area contributed by atoms with Gasteiger partial charge in [-0.25, -0.2) is 4.39 Å². The van der Waals surface area contributed by atoms with Crippen LogP contribution in [0.5, 0.6) is 0 Å². The standard InChI is InChI=1S/C12H14FNO2/c1-8-3-4-9(5-10(8)13)14-11(15)12(2)6-16-7-12/h3-5H,6-7H2,1-2H3,(H,14,15). The second kappa shape index (κ2) is 3.87. The summed E-state index contributed by atoms with van der Waals surface area (Å²) in [6, 6.07) is 4.67. The van der Waals surface area contributed by atoms with Crippen LogP contribution in [0.4, 0.5) is 10.1 Å². The molecule has 0 bridgehead atoms. The van der Waals surface area contributed by atoms with Crippen LogP contribution in [0.15, 0.2) is 18.2 Å². The summed E-state index contributed by atoms with van der Waals surface area (Å²) in [7, 11) is 0. The van der Waals surface area contributed by atoms with Crippen LogP contribution in [-0.2, 0) is 9.53 Å². The molecule has 0 aliphatic carbocycles. The Morgan fingerprint density at radius 1 is 1.50 bits per heavy atom. The molecule has 3 nitrogen and oxygen atoms in total.